The number of nitrogens with one attached hydrogen (secondary N) is 1. The summed E-state index contributed by atoms with van der Waals surface area (Å²) in [7, 11) is 0. The number of anilines is 1. The molecule has 0 spiro atoms. The van der Waals surface area contributed by atoms with Crippen molar-refractivity contribution in [3.63, 3.8) is 0 Å². The second-order valence-corrected chi connectivity index (χ2v) is 6.21. The van der Waals surface area contributed by atoms with Crippen molar-refractivity contribution in [1.82, 2.24) is 9.78 Å². The Labute approximate surface area is 133 Å². The molecule has 0 amide bonds. The van der Waals surface area contributed by atoms with E-state index in [2.05, 4.69) is 26.3 Å². The molecule has 0 aliphatic rings. The van der Waals surface area contributed by atoms with E-state index < -0.39 is 0 Å². The van der Waals surface area contributed by atoms with Crippen LogP contribution in [0.5, 0.6) is 0 Å². The van der Waals surface area contributed by atoms with Crippen molar-refractivity contribution in [2.75, 3.05) is 5.32 Å². The van der Waals surface area contributed by atoms with E-state index in [1.165, 1.54) is 0 Å². The quantitative estimate of drug-likeness (QED) is 0.674. The third-order valence-corrected chi connectivity index (χ3v) is 4.24. The van der Waals surface area contributed by atoms with Gasteiger partial charge in [-0.05, 0) is 41.9 Å². The van der Waals surface area contributed by atoms with Gasteiger partial charge in [-0.3, -0.25) is 0 Å². The van der Waals surface area contributed by atoms with Gasteiger partial charge in [0.25, 0.3) is 10.7 Å². The van der Waals surface area contributed by atoms with E-state index in [1.54, 1.807) is 16.0 Å². The molecule has 0 saturated heterocycles. The highest BCUT2D eigenvalue weighted by Gasteiger charge is 2.08. The van der Waals surface area contributed by atoms with Crippen LogP contribution >= 0.6 is 39.5 Å². The van der Waals surface area contributed by atoms with Crippen molar-refractivity contribution in [2.24, 2.45) is 0 Å². The van der Waals surface area contributed by atoms with E-state index >= 15 is 0 Å². The highest BCUT2D eigenvalue weighted by molar-refractivity contribution is 9.10. The average molecular weight is 368 g/mol. The lowest BCUT2D eigenvalue weighted by atomic mass is 10.3. The van der Waals surface area contributed by atoms with Gasteiger partial charge in [-0.1, -0.05) is 28.1 Å². The number of hydrogen-bond donors (Lipinski definition) is 1. The zero-order valence-corrected chi connectivity index (χ0v) is 13.5. The Morgan fingerprint density at radius 3 is 3.00 bits per heavy atom. The normalized spacial score (nSPS) is 10.7. The fourth-order valence-corrected chi connectivity index (χ4v) is 2.90. The molecule has 0 radical (unpaired) electrons. The molecule has 4 nitrogen and oxygen atoms in total. The molecular formula is C13H10BrN3OS2. The molecule has 2 heterocycles. The Balaban J connectivity index is 1.77. The van der Waals surface area contributed by atoms with Crippen molar-refractivity contribution in [3.05, 3.63) is 51.1 Å². The molecule has 0 saturated carbocycles. The van der Waals surface area contributed by atoms with Crippen molar-refractivity contribution < 1.29 is 4.42 Å². The number of halogens is 1. The van der Waals surface area contributed by atoms with E-state index in [1.807, 2.05) is 41.8 Å². The summed E-state index contributed by atoms with van der Waals surface area (Å²) in [5, 5.41) is 9.60. The van der Waals surface area contributed by atoms with Gasteiger partial charge in [0.2, 0.25) is 0 Å². The van der Waals surface area contributed by atoms with Crippen LogP contribution in [0.4, 0.5) is 5.69 Å². The van der Waals surface area contributed by atoms with Crippen LogP contribution in [0.1, 0.15) is 0 Å². The van der Waals surface area contributed by atoms with Crippen LogP contribution in [-0.4, -0.2) is 9.78 Å². The summed E-state index contributed by atoms with van der Waals surface area (Å²) in [5.74, 6) is 0.557. The molecule has 0 aliphatic carbocycles. The van der Waals surface area contributed by atoms with Crippen molar-refractivity contribution in [3.8, 4) is 10.8 Å². The van der Waals surface area contributed by atoms with Crippen molar-refractivity contribution >= 4 is 45.2 Å². The molecule has 3 rings (SSSR count). The first-order chi connectivity index (χ1) is 9.72. The maximum atomic E-state index is 5.50. The van der Waals surface area contributed by atoms with Gasteiger partial charge < -0.3 is 9.73 Å². The van der Waals surface area contributed by atoms with E-state index in [0.717, 1.165) is 15.0 Å². The molecule has 1 N–H and O–H groups in total. The first-order valence-electron chi connectivity index (χ1n) is 5.83. The number of nitrogens with zero attached hydrogens (tertiary/aromatic N) is 2. The minimum atomic E-state index is 0.357. The Hall–Kier alpha value is -1.44. The average Bonchev–Trinajstić information content (AvgIpc) is 3.06. The highest BCUT2D eigenvalue weighted by atomic mass is 79.9. The second-order valence-electron chi connectivity index (χ2n) is 4.00. The van der Waals surface area contributed by atoms with E-state index in [4.69, 9.17) is 16.6 Å². The van der Waals surface area contributed by atoms with Gasteiger partial charge in [-0.25, -0.2) is 4.68 Å². The predicted molar refractivity (Wildman–Crippen MR) is 86.4 cm³/mol. The lowest BCUT2D eigenvalue weighted by Gasteiger charge is -2.05. The summed E-state index contributed by atoms with van der Waals surface area (Å²) in [4.78, 5) is 1.33. The summed E-state index contributed by atoms with van der Waals surface area (Å²) in [5.41, 5.74) is 0.988. The fraction of sp³-hybridized carbons (Fsp3) is 0.0769. The first kappa shape index (κ1) is 13.5. The third kappa shape index (κ3) is 3.00. The van der Waals surface area contributed by atoms with Crippen LogP contribution in [0.2, 0.25) is 0 Å². The van der Waals surface area contributed by atoms with Gasteiger partial charge in [0.1, 0.15) is 6.67 Å². The van der Waals surface area contributed by atoms with E-state index in [-0.39, 0.29) is 0 Å². The smallest absolute Gasteiger partial charge is 0.289 e. The molecule has 3 aromatic rings. The number of rotatable bonds is 4. The molecule has 1 aromatic carbocycles. The minimum Gasteiger partial charge on any atom is -0.408 e. The Bertz CT molecular complexity index is 764. The van der Waals surface area contributed by atoms with E-state index in [0.29, 0.717) is 17.4 Å². The van der Waals surface area contributed by atoms with Gasteiger partial charge >= 0.3 is 0 Å². The number of benzene rings is 1. The zero-order valence-electron chi connectivity index (χ0n) is 10.2. The fourth-order valence-electron chi connectivity index (χ4n) is 1.67. The SMILES string of the molecule is S=c1oc(-c2cccs2)nn1CNc1cccc(Br)c1. The monoisotopic (exact) mass is 367 g/mol. The summed E-state index contributed by atoms with van der Waals surface area (Å²) < 4.78 is 8.15. The van der Waals surface area contributed by atoms with Gasteiger partial charge in [-0.2, -0.15) is 0 Å². The van der Waals surface area contributed by atoms with Crippen LogP contribution in [-0.2, 0) is 6.67 Å². The summed E-state index contributed by atoms with van der Waals surface area (Å²) in [6.07, 6.45) is 0. The Kier molecular flexibility index (Phi) is 4.00. The van der Waals surface area contributed by atoms with Gasteiger partial charge in [0, 0.05) is 10.2 Å². The molecule has 0 unspecified atom stereocenters. The van der Waals surface area contributed by atoms with Gasteiger partial charge in [0.15, 0.2) is 0 Å². The molecule has 7 heteroatoms. The third-order valence-electron chi connectivity index (χ3n) is 2.60. The zero-order chi connectivity index (χ0) is 13.9. The van der Waals surface area contributed by atoms with Crippen LogP contribution in [0.25, 0.3) is 10.8 Å². The number of aromatic nitrogens is 2. The largest absolute Gasteiger partial charge is 0.408 e. The molecule has 102 valence electrons. The maximum Gasteiger partial charge on any atom is 0.289 e. The summed E-state index contributed by atoms with van der Waals surface area (Å²) in [6.45, 7) is 0.462. The van der Waals surface area contributed by atoms with Crippen LogP contribution in [0.15, 0.2) is 50.7 Å². The van der Waals surface area contributed by atoms with Crippen molar-refractivity contribution in [2.45, 2.75) is 6.67 Å². The molecule has 0 fully saturated rings. The Morgan fingerprint density at radius 2 is 2.25 bits per heavy atom. The lowest BCUT2D eigenvalue weighted by Crippen LogP contribution is -2.09. The summed E-state index contributed by atoms with van der Waals surface area (Å²) in [6, 6.07) is 11.8. The van der Waals surface area contributed by atoms with Gasteiger partial charge in [0.05, 0.1) is 4.88 Å². The summed E-state index contributed by atoms with van der Waals surface area (Å²) >= 11 is 10.2. The van der Waals surface area contributed by atoms with Crippen LogP contribution in [0.3, 0.4) is 0 Å². The van der Waals surface area contributed by atoms with Crippen molar-refractivity contribution in [1.29, 1.82) is 0 Å². The molecule has 0 aliphatic heterocycles. The second kappa shape index (κ2) is 5.90. The number of thiophene rings is 1. The molecule has 20 heavy (non-hydrogen) atoms. The maximum absolute atomic E-state index is 5.50. The van der Waals surface area contributed by atoms with Gasteiger partial charge in [-0.15, -0.1) is 16.4 Å². The highest BCUT2D eigenvalue weighted by Crippen LogP contribution is 2.23. The Morgan fingerprint density at radius 1 is 1.35 bits per heavy atom. The molecule has 0 bridgehead atoms. The topological polar surface area (TPSA) is 43.0 Å². The minimum absolute atomic E-state index is 0.357. The number of hydrogen-bond acceptors (Lipinski definition) is 5. The predicted octanol–water partition coefficient (Wildman–Crippen LogP) is 4.77. The molecule has 2 aromatic heterocycles. The first-order valence-corrected chi connectivity index (χ1v) is 7.92. The molecular weight excluding hydrogens is 358 g/mol. The van der Waals surface area contributed by atoms with E-state index in [9.17, 15) is 0 Å². The molecule has 0 atom stereocenters. The van der Waals surface area contributed by atoms with Crippen LogP contribution in [0, 0.1) is 4.84 Å². The standard InChI is InChI=1S/C13H10BrN3OS2/c14-9-3-1-4-10(7-9)15-8-17-13(19)18-12(16-17)11-5-2-6-20-11/h1-7,15H,8H2. The lowest BCUT2D eigenvalue weighted by molar-refractivity contribution is 0.523. The van der Waals surface area contributed by atoms with Crippen LogP contribution < -0.4 is 5.32 Å².